The lowest BCUT2D eigenvalue weighted by atomic mass is 9.99. The average Bonchev–Trinajstić information content (AvgIpc) is 2.82. The lowest BCUT2D eigenvalue weighted by molar-refractivity contribution is -0.362. The van der Waals surface area contributed by atoms with Crippen LogP contribution in [0.25, 0.3) is 10.8 Å². The smallest absolute Gasteiger partial charge is 0.342 e. The first-order valence-corrected chi connectivity index (χ1v) is 10.2. The maximum Gasteiger partial charge on any atom is 0.342 e. The number of hydrogen-bond donors (Lipinski definition) is 0. The molecule has 0 saturated carbocycles. The van der Waals surface area contributed by atoms with Crippen LogP contribution in [0.5, 0.6) is 0 Å². The van der Waals surface area contributed by atoms with Crippen LogP contribution >= 0.6 is 0 Å². The highest BCUT2D eigenvalue weighted by atomic mass is 32.2. The molecule has 2 aromatic carbocycles. The molecule has 148 valence electrons. The molecule has 1 aliphatic heterocycles. The predicted octanol–water partition coefficient (Wildman–Crippen LogP) is 2.28. The Hall–Kier alpha value is -2.87. The van der Waals surface area contributed by atoms with Crippen LogP contribution in [0.3, 0.4) is 0 Å². The third-order valence-corrected chi connectivity index (χ3v) is 5.24. The number of carbonyl (C=O) groups excluding carboxylic acids is 1. The normalized spacial score (nSPS) is 16.0. The number of esters is 1. The molecule has 0 N–H and O–H groups in total. The summed E-state index contributed by atoms with van der Waals surface area (Å²) in [6.07, 6.45) is -1.02. The SMILES string of the molecule is CC(C)OC(=O)/C(C1=NS(=O)(=O)c2cc3ccccc3cc21)=C(/[O-])OC(C)C. The zero-order valence-corrected chi connectivity index (χ0v) is 16.7. The second-order valence-corrected chi connectivity index (χ2v) is 8.47. The zero-order chi connectivity index (χ0) is 20.6. The summed E-state index contributed by atoms with van der Waals surface area (Å²) in [5.41, 5.74) is -0.604. The fraction of sp³-hybridized carbons (Fsp3) is 0.300. The Morgan fingerprint density at radius 2 is 1.57 bits per heavy atom. The quantitative estimate of drug-likeness (QED) is 0.432. The first-order chi connectivity index (χ1) is 13.1. The predicted molar refractivity (Wildman–Crippen MR) is 102 cm³/mol. The molecule has 3 rings (SSSR count). The van der Waals surface area contributed by atoms with Gasteiger partial charge < -0.3 is 14.6 Å². The first-order valence-electron chi connectivity index (χ1n) is 8.77. The monoisotopic (exact) mass is 402 g/mol. The van der Waals surface area contributed by atoms with Crippen molar-refractivity contribution in [2.45, 2.75) is 44.8 Å². The number of rotatable bonds is 5. The molecule has 1 aliphatic rings. The van der Waals surface area contributed by atoms with Gasteiger partial charge in [-0.15, -0.1) is 0 Å². The van der Waals surface area contributed by atoms with Crippen molar-refractivity contribution in [3.8, 4) is 0 Å². The van der Waals surface area contributed by atoms with E-state index < -0.39 is 39.7 Å². The number of hydrogen-bond acceptors (Lipinski definition) is 6. The van der Waals surface area contributed by atoms with Crippen molar-refractivity contribution < 1.29 is 27.8 Å². The van der Waals surface area contributed by atoms with E-state index in [9.17, 15) is 18.3 Å². The Morgan fingerprint density at radius 1 is 1.00 bits per heavy atom. The van der Waals surface area contributed by atoms with Crippen LogP contribution in [-0.4, -0.2) is 32.3 Å². The number of ether oxygens (including phenoxy) is 2. The molecule has 0 fully saturated rings. The topological polar surface area (TPSA) is 105 Å². The number of sulfonamides is 1. The van der Waals surface area contributed by atoms with Crippen LogP contribution in [0, 0.1) is 0 Å². The molecule has 0 aromatic heterocycles. The van der Waals surface area contributed by atoms with Gasteiger partial charge in [0.05, 0.1) is 16.9 Å². The lowest BCUT2D eigenvalue weighted by Gasteiger charge is -2.23. The van der Waals surface area contributed by atoms with Crippen LogP contribution in [0.4, 0.5) is 0 Å². The van der Waals surface area contributed by atoms with E-state index in [1.807, 2.05) is 0 Å². The van der Waals surface area contributed by atoms with Gasteiger partial charge in [0.1, 0.15) is 11.3 Å². The Morgan fingerprint density at radius 3 is 2.14 bits per heavy atom. The van der Waals surface area contributed by atoms with Crippen molar-refractivity contribution in [2.75, 3.05) is 0 Å². The van der Waals surface area contributed by atoms with Gasteiger partial charge in [0.2, 0.25) is 0 Å². The molecule has 8 heteroatoms. The molecule has 0 aliphatic carbocycles. The minimum atomic E-state index is -4.06. The Bertz CT molecular complexity index is 1110. The summed E-state index contributed by atoms with van der Waals surface area (Å²) in [6, 6.07) is 10.2. The summed E-state index contributed by atoms with van der Waals surface area (Å²) < 4.78 is 39.2. The average molecular weight is 402 g/mol. The van der Waals surface area contributed by atoms with Crippen molar-refractivity contribution in [1.29, 1.82) is 0 Å². The van der Waals surface area contributed by atoms with Crippen LogP contribution in [0.2, 0.25) is 0 Å². The highest BCUT2D eigenvalue weighted by Gasteiger charge is 2.35. The second kappa shape index (κ2) is 7.27. The fourth-order valence-electron chi connectivity index (χ4n) is 2.84. The van der Waals surface area contributed by atoms with Crippen molar-refractivity contribution >= 4 is 32.5 Å². The highest BCUT2D eigenvalue weighted by molar-refractivity contribution is 7.90. The molecule has 0 radical (unpaired) electrons. The van der Waals surface area contributed by atoms with E-state index in [2.05, 4.69) is 4.40 Å². The molecular weight excluding hydrogens is 382 g/mol. The van der Waals surface area contributed by atoms with Crippen molar-refractivity contribution in [1.82, 2.24) is 0 Å². The van der Waals surface area contributed by atoms with Crippen molar-refractivity contribution in [3.05, 3.63) is 53.5 Å². The van der Waals surface area contributed by atoms with E-state index in [-0.39, 0.29) is 16.2 Å². The van der Waals surface area contributed by atoms with Crippen LogP contribution in [0.1, 0.15) is 33.3 Å². The summed E-state index contributed by atoms with van der Waals surface area (Å²) in [6.45, 7) is 6.49. The van der Waals surface area contributed by atoms with E-state index in [1.54, 1.807) is 58.0 Å². The minimum absolute atomic E-state index is 0.0617. The third kappa shape index (κ3) is 3.73. The number of nitrogens with zero attached hydrogens (tertiary/aromatic N) is 1. The third-order valence-electron chi connectivity index (χ3n) is 3.92. The summed E-state index contributed by atoms with van der Waals surface area (Å²) in [5, 5.41) is 14.1. The minimum Gasteiger partial charge on any atom is -0.610 e. The van der Waals surface area contributed by atoms with E-state index >= 15 is 0 Å². The zero-order valence-electron chi connectivity index (χ0n) is 15.9. The van der Waals surface area contributed by atoms with Crippen molar-refractivity contribution in [3.63, 3.8) is 0 Å². The highest BCUT2D eigenvalue weighted by Crippen LogP contribution is 2.33. The van der Waals surface area contributed by atoms with Crippen LogP contribution in [0.15, 0.2) is 57.2 Å². The van der Waals surface area contributed by atoms with Crippen LogP contribution in [-0.2, 0) is 24.3 Å². The van der Waals surface area contributed by atoms with Gasteiger partial charge in [0.25, 0.3) is 10.0 Å². The Kier molecular flexibility index (Phi) is 5.16. The molecule has 0 atom stereocenters. The molecule has 0 unspecified atom stereocenters. The summed E-state index contributed by atoms with van der Waals surface area (Å²) in [4.78, 5) is 12.6. The molecule has 0 saturated heterocycles. The van der Waals surface area contributed by atoms with Gasteiger partial charge in [-0.05, 0) is 42.9 Å². The number of fused-ring (bicyclic) bond motifs is 2. The molecule has 2 aromatic rings. The molecule has 1 heterocycles. The second-order valence-electron chi connectivity index (χ2n) is 6.89. The number of benzene rings is 2. The summed E-state index contributed by atoms with van der Waals surface area (Å²) >= 11 is 0. The molecule has 0 spiro atoms. The van der Waals surface area contributed by atoms with Gasteiger partial charge in [-0.2, -0.15) is 12.8 Å². The van der Waals surface area contributed by atoms with E-state index in [1.165, 1.54) is 6.07 Å². The summed E-state index contributed by atoms with van der Waals surface area (Å²) in [7, 11) is -4.06. The molecule has 28 heavy (non-hydrogen) atoms. The van der Waals surface area contributed by atoms with Gasteiger partial charge in [0.15, 0.2) is 0 Å². The lowest BCUT2D eigenvalue weighted by Crippen LogP contribution is -2.27. The van der Waals surface area contributed by atoms with E-state index in [0.717, 1.165) is 5.39 Å². The maximum atomic E-state index is 12.6. The standard InChI is InChI=1S/C20H21NO6S/c1-11(2)26-19(22)17(20(23)27-12(3)4)18-15-9-13-7-5-6-8-14(13)10-16(15)28(24,25)21-18/h5-12,22H,1-4H3/p-1/b19-17-. The molecular formula is C20H20NO6S-. The van der Waals surface area contributed by atoms with Crippen molar-refractivity contribution in [2.24, 2.45) is 4.40 Å². The van der Waals surface area contributed by atoms with Gasteiger partial charge in [0, 0.05) is 5.56 Å². The van der Waals surface area contributed by atoms with E-state index in [4.69, 9.17) is 9.47 Å². The summed E-state index contributed by atoms with van der Waals surface area (Å²) in [5.74, 6) is -1.95. The molecule has 7 nitrogen and oxygen atoms in total. The largest absolute Gasteiger partial charge is 0.610 e. The Labute approximate surface area is 163 Å². The van der Waals surface area contributed by atoms with Gasteiger partial charge in [-0.25, -0.2) is 4.79 Å². The molecule has 0 bridgehead atoms. The van der Waals surface area contributed by atoms with Gasteiger partial charge in [-0.3, -0.25) is 0 Å². The van der Waals surface area contributed by atoms with Crippen LogP contribution < -0.4 is 5.11 Å². The fourth-order valence-corrected chi connectivity index (χ4v) is 4.08. The number of carbonyl (C=O) groups is 1. The first kappa shape index (κ1) is 19.9. The molecule has 0 amide bonds. The maximum absolute atomic E-state index is 12.6. The van der Waals surface area contributed by atoms with E-state index in [0.29, 0.717) is 5.39 Å². The Balaban J connectivity index is 2.25. The van der Waals surface area contributed by atoms with Gasteiger partial charge in [-0.1, -0.05) is 38.1 Å². The van der Waals surface area contributed by atoms with Gasteiger partial charge >= 0.3 is 5.97 Å².